The summed E-state index contributed by atoms with van der Waals surface area (Å²) in [4.78, 5) is 2.42. The molecule has 0 aromatic carbocycles. The lowest BCUT2D eigenvalue weighted by atomic mass is 9.94. The molecular formula is C11H26N2. The summed E-state index contributed by atoms with van der Waals surface area (Å²) >= 11 is 0. The first-order chi connectivity index (χ1) is 5.77. The predicted octanol–water partition coefficient (Wildman–Crippen LogP) is 1.95. The Labute approximate surface area is 83.5 Å². The lowest BCUT2D eigenvalue weighted by Gasteiger charge is -2.33. The van der Waals surface area contributed by atoms with E-state index in [0.29, 0.717) is 6.04 Å². The van der Waals surface area contributed by atoms with Gasteiger partial charge in [-0.2, -0.15) is 0 Å². The zero-order chi connectivity index (χ0) is 9.14. The third-order valence-corrected chi connectivity index (χ3v) is 3.09. The van der Waals surface area contributed by atoms with Gasteiger partial charge in [-0.15, -0.1) is 0 Å². The maximum atomic E-state index is 6.02. The van der Waals surface area contributed by atoms with Crippen LogP contribution >= 0.6 is 0 Å². The minimum Gasteiger partial charge on any atom is -0.327 e. The summed E-state index contributed by atoms with van der Waals surface area (Å²) in [6.45, 7) is 6.47. The van der Waals surface area contributed by atoms with Crippen molar-refractivity contribution in [2.45, 2.75) is 40.2 Å². The van der Waals surface area contributed by atoms with Crippen LogP contribution in [0.3, 0.4) is 0 Å². The molecule has 2 rings (SSSR count). The molecule has 2 heteroatoms. The summed E-state index contributed by atoms with van der Waals surface area (Å²) in [5.41, 5.74) is 6.02. The molecule has 2 fully saturated rings. The van der Waals surface area contributed by atoms with Crippen LogP contribution in [0.25, 0.3) is 0 Å². The molecule has 2 aliphatic rings. The molecular weight excluding hydrogens is 160 g/mol. The summed E-state index contributed by atoms with van der Waals surface area (Å²) in [5, 5.41) is 0. The molecule has 1 saturated heterocycles. The van der Waals surface area contributed by atoms with Gasteiger partial charge < -0.3 is 10.6 Å². The fourth-order valence-electron chi connectivity index (χ4n) is 2.50. The van der Waals surface area contributed by atoms with Crippen molar-refractivity contribution in [3.05, 3.63) is 0 Å². The fraction of sp³-hybridized carbons (Fsp3) is 1.00. The van der Waals surface area contributed by atoms with E-state index in [1.807, 2.05) is 13.8 Å². The Hall–Kier alpha value is -0.0800. The van der Waals surface area contributed by atoms with Crippen molar-refractivity contribution in [1.82, 2.24) is 4.90 Å². The van der Waals surface area contributed by atoms with Crippen LogP contribution < -0.4 is 5.73 Å². The first-order valence-corrected chi connectivity index (χ1v) is 5.21. The van der Waals surface area contributed by atoms with Crippen LogP contribution in [-0.4, -0.2) is 31.1 Å². The van der Waals surface area contributed by atoms with Crippen LogP contribution in [0.15, 0.2) is 0 Å². The lowest BCUT2D eigenvalue weighted by molar-refractivity contribution is 0.177. The Bertz CT molecular complexity index is 122. The zero-order valence-electron chi connectivity index (χ0n) is 8.59. The molecule has 2 nitrogen and oxygen atoms in total. The van der Waals surface area contributed by atoms with Gasteiger partial charge in [-0.1, -0.05) is 21.3 Å². The van der Waals surface area contributed by atoms with E-state index in [1.165, 1.54) is 25.9 Å². The normalized spacial score (nSPS) is 37.4. The van der Waals surface area contributed by atoms with Gasteiger partial charge in [0.25, 0.3) is 0 Å². The van der Waals surface area contributed by atoms with Gasteiger partial charge in [0, 0.05) is 19.1 Å². The highest BCUT2D eigenvalue weighted by atomic mass is 15.1. The summed E-state index contributed by atoms with van der Waals surface area (Å²) in [6.07, 6.45) is 2.74. The van der Waals surface area contributed by atoms with Gasteiger partial charge in [0.2, 0.25) is 0 Å². The minimum atomic E-state index is 0. The second-order valence-electron chi connectivity index (χ2n) is 3.90. The van der Waals surface area contributed by atoms with Crippen molar-refractivity contribution in [1.29, 1.82) is 0 Å². The molecule has 0 amide bonds. The number of hydrogen-bond acceptors (Lipinski definition) is 2. The Morgan fingerprint density at radius 1 is 1.08 bits per heavy atom. The largest absolute Gasteiger partial charge is 0.327 e. The third-order valence-electron chi connectivity index (χ3n) is 3.09. The highest BCUT2D eigenvalue weighted by molar-refractivity contribution is 4.94. The van der Waals surface area contributed by atoms with Crippen LogP contribution in [0.1, 0.15) is 34.1 Å². The Kier molecular flexibility index (Phi) is 5.57. The van der Waals surface area contributed by atoms with E-state index in [4.69, 9.17) is 5.73 Å². The van der Waals surface area contributed by atoms with Crippen LogP contribution in [0.4, 0.5) is 0 Å². The van der Waals surface area contributed by atoms with Crippen LogP contribution in [0.5, 0.6) is 0 Å². The summed E-state index contributed by atoms with van der Waals surface area (Å²) < 4.78 is 0. The number of piperidine rings is 1. The average Bonchev–Trinajstić information content (AvgIpc) is 2.35. The number of nitrogens with zero attached hydrogens (tertiary/aromatic N) is 1. The Morgan fingerprint density at radius 3 is 1.85 bits per heavy atom. The fourth-order valence-corrected chi connectivity index (χ4v) is 2.50. The molecule has 1 heterocycles. The smallest absolute Gasteiger partial charge is 0.0120 e. The number of rotatable bonds is 0. The average molecular weight is 186 g/mol. The van der Waals surface area contributed by atoms with E-state index < -0.39 is 0 Å². The van der Waals surface area contributed by atoms with E-state index in [2.05, 4.69) is 11.9 Å². The van der Waals surface area contributed by atoms with Gasteiger partial charge in [-0.25, -0.2) is 0 Å². The number of nitrogens with two attached hydrogens (primary N) is 1. The molecule has 1 aliphatic heterocycles. The Balaban J connectivity index is 0.000000451. The summed E-state index contributed by atoms with van der Waals surface area (Å²) in [6, 6.07) is 0.524. The van der Waals surface area contributed by atoms with E-state index in [-0.39, 0.29) is 7.43 Å². The van der Waals surface area contributed by atoms with Crippen molar-refractivity contribution >= 4 is 0 Å². The van der Waals surface area contributed by atoms with Crippen molar-refractivity contribution < 1.29 is 0 Å². The van der Waals surface area contributed by atoms with E-state index >= 15 is 0 Å². The summed E-state index contributed by atoms with van der Waals surface area (Å²) in [7, 11) is 2.21. The molecule has 13 heavy (non-hydrogen) atoms. The number of fused-ring (bicyclic) bond motifs is 2. The highest BCUT2D eigenvalue weighted by Crippen LogP contribution is 2.34. The minimum absolute atomic E-state index is 0. The van der Waals surface area contributed by atoms with Crippen LogP contribution in [0, 0.1) is 11.8 Å². The van der Waals surface area contributed by atoms with Crippen molar-refractivity contribution in [3.63, 3.8) is 0 Å². The molecule has 1 aliphatic carbocycles. The van der Waals surface area contributed by atoms with Gasteiger partial charge in [-0.3, -0.25) is 0 Å². The molecule has 2 atom stereocenters. The predicted molar refractivity (Wildman–Crippen MR) is 59.8 cm³/mol. The van der Waals surface area contributed by atoms with Crippen molar-refractivity contribution in [2.24, 2.45) is 17.6 Å². The van der Waals surface area contributed by atoms with Crippen molar-refractivity contribution in [2.75, 3.05) is 20.1 Å². The second kappa shape index (κ2) is 5.61. The van der Waals surface area contributed by atoms with Gasteiger partial charge in [0.05, 0.1) is 0 Å². The number of hydrogen-bond donors (Lipinski definition) is 1. The standard InChI is InChI=1S/C8H16N2.C2H6.CH4/c1-10-4-6-2-3-7(5-10)8(6)9;1-2;/h6-8H,2-5,9H2,1H3;1-2H3;1H4. The Morgan fingerprint density at radius 2 is 1.46 bits per heavy atom. The molecule has 1 saturated carbocycles. The molecule has 0 radical (unpaired) electrons. The molecule has 2 unspecified atom stereocenters. The SMILES string of the molecule is C.CC.CN1CC2CCC(C1)C2N. The maximum absolute atomic E-state index is 6.02. The van der Waals surface area contributed by atoms with Gasteiger partial charge in [0.15, 0.2) is 0 Å². The van der Waals surface area contributed by atoms with E-state index in [0.717, 1.165) is 11.8 Å². The second-order valence-corrected chi connectivity index (χ2v) is 3.90. The van der Waals surface area contributed by atoms with Gasteiger partial charge >= 0.3 is 0 Å². The van der Waals surface area contributed by atoms with E-state index in [9.17, 15) is 0 Å². The first-order valence-electron chi connectivity index (χ1n) is 5.21. The highest BCUT2D eigenvalue weighted by Gasteiger charge is 2.38. The molecule has 0 aromatic rings. The molecule has 0 spiro atoms. The number of likely N-dealkylation sites (tertiary alicyclic amines) is 1. The van der Waals surface area contributed by atoms with Gasteiger partial charge in [-0.05, 0) is 31.7 Å². The lowest BCUT2D eigenvalue weighted by Crippen LogP contribution is -2.47. The van der Waals surface area contributed by atoms with Crippen molar-refractivity contribution in [3.8, 4) is 0 Å². The molecule has 0 aromatic heterocycles. The third kappa shape index (κ3) is 2.68. The van der Waals surface area contributed by atoms with Crippen LogP contribution in [-0.2, 0) is 0 Å². The monoisotopic (exact) mass is 186 g/mol. The summed E-state index contributed by atoms with van der Waals surface area (Å²) in [5.74, 6) is 1.62. The molecule has 80 valence electrons. The van der Waals surface area contributed by atoms with E-state index in [1.54, 1.807) is 0 Å². The molecule has 2 bridgehead atoms. The quantitative estimate of drug-likeness (QED) is 0.626. The molecule has 2 N–H and O–H groups in total. The zero-order valence-corrected chi connectivity index (χ0v) is 8.59. The van der Waals surface area contributed by atoms with Crippen LogP contribution in [0.2, 0.25) is 0 Å². The van der Waals surface area contributed by atoms with Gasteiger partial charge in [0.1, 0.15) is 0 Å². The topological polar surface area (TPSA) is 29.3 Å². The first kappa shape index (κ1) is 12.9. The maximum Gasteiger partial charge on any atom is 0.0120 e.